The van der Waals surface area contributed by atoms with E-state index in [0.717, 1.165) is 10.3 Å². The highest BCUT2D eigenvalue weighted by Crippen LogP contribution is 2.43. The lowest BCUT2D eigenvalue weighted by Gasteiger charge is -2.36. The van der Waals surface area contributed by atoms with E-state index in [1.165, 1.54) is 6.92 Å². The van der Waals surface area contributed by atoms with E-state index in [-0.39, 0.29) is 12.2 Å². The lowest BCUT2D eigenvalue weighted by atomic mass is 9.97. The zero-order valence-electron chi connectivity index (χ0n) is 10.8. The maximum atomic E-state index is 13.3. The number of rotatable bonds is 0. The lowest BCUT2D eigenvalue weighted by molar-refractivity contribution is -0.194. The van der Waals surface area contributed by atoms with Crippen LogP contribution in [0.2, 0.25) is 0 Å². The number of benzene rings is 1. The molecule has 1 aliphatic rings. The Labute approximate surface area is 113 Å². The van der Waals surface area contributed by atoms with Crippen LogP contribution < -0.4 is 0 Å². The van der Waals surface area contributed by atoms with Crippen LogP contribution in [0, 0.1) is 0 Å². The Balaban J connectivity index is 2.22. The summed E-state index contributed by atoms with van der Waals surface area (Å²) in [5.41, 5.74) is 1.44. The van der Waals surface area contributed by atoms with Crippen molar-refractivity contribution in [2.75, 3.05) is 6.54 Å². The third-order valence-electron chi connectivity index (χ3n) is 3.75. The molecule has 1 N–H and O–H groups in total. The maximum absolute atomic E-state index is 13.3. The van der Waals surface area contributed by atoms with Crippen LogP contribution in [0.15, 0.2) is 24.3 Å². The second kappa shape index (κ2) is 4.26. The van der Waals surface area contributed by atoms with Gasteiger partial charge in [0, 0.05) is 24.4 Å². The minimum absolute atomic E-state index is 0.0916. The summed E-state index contributed by atoms with van der Waals surface area (Å²) in [5, 5.41) is 0.806. The van der Waals surface area contributed by atoms with Gasteiger partial charge in [-0.15, -0.1) is 0 Å². The van der Waals surface area contributed by atoms with Gasteiger partial charge in [0.2, 0.25) is 5.91 Å². The van der Waals surface area contributed by atoms with E-state index in [2.05, 4.69) is 4.98 Å². The Bertz CT molecular complexity index is 675. The summed E-state index contributed by atoms with van der Waals surface area (Å²) in [4.78, 5) is 15.2. The number of nitrogens with one attached hydrogen (secondary N) is 1. The maximum Gasteiger partial charge on any atom is 0.414 e. The number of hydrogen-bond acceptors (Lipinski definition) is 1. The largest absolute Gasteiger partial charge is 0.414 e. The predicted molar refractivity (Wildman–Crippen MR) is 68.2 cm³/mol. The molecule has 20 heavy (non-hydrogen) atoms. The Morgan fingerprint density at radius 1 is 1.35 bits per heavy atom. The number of halogens is 3. The average molecular weight is 282 g/mol. The first-order valence-corrected chi connectivity index (χ1v) is 6.33. The van der Waals surface area contributed by atoms with Gasteiger partial charge in [0.15, 0.2) is 6.04 Å². The minimum atomic E-state index is -4.48. The second-order valence-corrected chi connectivity index (χ2v) is 4.97. The van der Waals surface area contributed by atoms with Gasteiger partial charge in [0.05, 0.1) is 5.69 Å². The Kier molecular flexibility index (Phi) is 2.77. The summed E-state index contributed by atoms with van der Waals surface area (Å²) in [6, 6.07) is 5.25. The molecule has 1 aliphatic heterocycles. The van der Waals surface area contributed by atoms with E-state index in [1.54, 1.807) is 18.2 Å². The number of para-hydroxylation sites is 1. The average Bonchev–Trinajstić information content (AvgIpc) is 2.74. The first-order valence-electron chi connectivity index (χ1n) is 6.33. The number of fused-ring (bicyclic) bond motifs is 3. The molecule has 106 valence electrons. The van der Waals surface area contributed by atoms with E-state index in [1.807, 2.05) is 6.07 Å². The standard InChI is InChI=1S/C14H13F3N2O/c1-8(20)19-7-6-10-9-4-2-3-5-11(9)18-12(10)13(19)14(15,16)17/h2-5,13,18H,6-7H2,1H3/t13-/m1/s1. The van der Waals surface area contributed by atoms with Crippen molar-refractivity contribution in [1.82, 2.24) is 9.88 Å². The van der Waals surface area contributed by atoms with Gasteiger partial charge in [-0.2, -0.15) is 13.2 Å². The van der Waals surface area contributed by atoms with Gasteiger partial charge in [-0.25, -0.2) is 0 Å². The van der Waals surface area contributed by atoms with Crippen LogP contribution in [0.1, 0.15) is 24.2 Å². The minimum Gasteiger partial charge on any atom is -0.356 e. The summed E-state index contributed by atoms with van der Waals surface area (Å²) < 4.78 is 40.0. The highest BCUT2D eigenvalue weighted by Gasteiger charge is 2.49. The van der Waals surface area contributed by atoms with E-state index >= 15 is 0 Å². The first-order chi connectivity index (χ1) is 9.39. The molecule has 0 saturated carbocycles. The zero-order valence-corrected chi connectivity index (χ0v) is 10.8. The van der Waals surface area contributed by atoms with E-state index in [4.69, 9.17) is 0 Å². The van der Waals surface area contributed by atoms with Crippen LogP contribution in [0.5, 0.6) is 0 Å². The van der Waals surface area contributed by atoms with Crippen LogP contribution >= 0.6 is 0 Å². The number of carbonyl (C=O) groups is 1. The van der Waals surface area contributed by atoms with Crippen molar-refractivity contribution < 1.29 is 18.0 Å². The Morgan fingerprint density at radius 2 is 2.05 bits per heavy atom. The Hall–Kier alpha value is -1.98. The smallest absolute Gasteiger partial charge is 0.356 e. The molecule has 0 unspecified atom stereocenters. The fourth-order valence-corrected chi connectivity index (χ4v) is 2.92. The Morgan fingerprint density at radius 3 is 2.70 bits per heavy atom. The molecule has 0 aliphatic carbocycles. The molecule has 1 amide bonds. The fourth-order valence-electron chi connectivity index (χ4n) is 2.92. The molecule has 3 nitrogen and oxygen atoms in total. The van der Waals surface area contributed by atoms with Crippen LogP contribution in [0.25, 0.3) is 10.9 Å². The molecule has 6 heteroatoms. The number of hydrogen-bond donors (Lipinski definition) is 1. The summed E-state index contributed by atoms with van der Waals surface area (Å²) in [7, 11) is 0. The number of alkyl halides is 3. The molecule has 1 aromatic carbocycles. The zero-order chi connectivity index (χ0) is 14.5. The number of aromatic amines is 1. The molecule has 2 heterocycles. The number of H-pyrrole nitrogens is 1. The summed E-state index contributed by atoms with van der Waals surface area (Å²) in [6.07, 6.45) is -4.05. The van der Waals surface area contributed by atoms with E-state index in [9.17, 15) is 18.0 Å². The van der Waals surface area contributed by atoms with Gasteiger partial charge in [-0.3, -0.25) is 4.79 Å². The van der Waals surface area contributed by atoms with Gasteiger partial charge in [-0.1, -0.05) is 18.2 Å². The third kappa shape index (κ3) is 1.87. The summed E-state index contributed by atoms with van der Waals surface area (Å²) >= 11 is 0. The van der Waals surface area contributed by atoms with Gasteiger partial charge >= 0.3 is 6.18 Å². The van der Waals surface area contributed by atoms with Crippen molar-refractivity contribution in [3.63, 3.8) is 0 Å². The van der Waals surface area contributed by atoms with Gasteiger partial charge in [-0.05, 0) is 18.1 Å². The topological polar surface area (TPSA) is 36.1 Å². The van der Waals surface area contributed by atoms with E-state index < -0.39 is 18.1 Å². The van der Waals surface area contributed by atoms with Crippen LogP contribution in [-0.2, 0) is 11.2 Å². The molecule has 3 rings (SSSR count). The van der Waals surface area contributed by atoms with Crippen molar-refractivity contribution in [1.29, 1.82) is 0 Å². The normalized spacial score (nSPS) is 19.2. The molecule has 0 bridgehead atoms. The molecule has 0 saturated heterocycles. The monoisotopic (exact) mass is 282 g/mol. The predicted octanol–water partition coefficient (Wildman–Crippen LogP) is 3.18. The molecule has 0 spiro atoms. The van der Waals surface area contributed by atoms with Gasteiger partial charge in [0.1, 0.15) is 0 Å². The summed E-state index contributed by atoms with van der Waals surface area (Å²) in [6.45, 7) is 1.26. The lowest BCUT2D eigenvalue weighted by Crippen LogP contribution is -2.45. The van der Waals surface area contributed by atoms with Gasteiger partial charge in [0.25, 0.3) is 0 Å². The highest BCUT2D eigenvalue weighted by molar-refractivity contribution is 5.86. The summed E-state index contributed by atoms with van der Waals surface area (Å²) in [5.74, 6) is -0.559. The van der Waals surface area contributed by atoms with Crippen molar-refractivity contribution >= 4 is 16.8 Å². The fraction of sp³-hybridized carbons (Fsp3) is 0.357. The van der Waals surface area contributed by atoms with Gasteiger partial charge < -0.3 is 9.88 Å². The van der Waals surface area contributed by atoms with Crippen molar-refractivity contribution in [2.24, 2.45) is 0 Å². The first kappa shape index (κ1) is 13.0. The van der Waals surface area contributed by atoms with E-state index in [0.29, 0.717) is 17.5 Å². The second-order valence-electron chi connectivity index (χ2n) is 4.97. The molecule has 0 fully saturated rings. The van der Waals surface area contributed by atoms with Crippen LogP contribution in [0.3, 0.4) is 0 Å². The van der Waals surface area contributed by atoms with Crippen LogP contribution in [0.4, 0.5) is 13.2 Å². The molecule has 2 aromatic rings. The number of carbonyl (C=O) groups excluding carboxylic acids is 1. The SMILES string of the molecule is CC(=O)N1CCc2c([nH]c3ccccc23)[C@@H]1C(F)(F)F. The molecule has 1 aromatic heterocycles. The number of nitrogens with zero attached hydrogens (tertiary/aromatic N) is 1. The van der Waals surface area contributed by atoms with Crippen molar-refractivity contribution in [3.05, 3.63) is 35.5 Å². The molecular formula is C14H13F3N2O. The molecule has 0 radical (unpaired) electrons. The number of aromatic nitrogens is 1. The van der Waals surface area contributed by atoms with Crippen molar-refractivity contribution in [2.45, 2.75) is 25.6 Å². The van der Waals surface area contributed by atoms with Crippen molar-refractivity contribution in [3.8, 4) is 0 Å². The molecular weight excluding hydrogens is 269 g/mol. The van der Waals surface area contributed by atoms with Crippen LogP contribution in [-0.4, -0.2) is 28.5 Å². The quantitative estimate of drug-likeness (QED) is 0.791. The number of amides is 1. The highest BCUT2D eigenvalue weighted by atomic mass is 19.4. The molecule has 1 atom stereocenters. The third-order valence-corrected chi connectivity index (χ3v) is 3.75.